The summed E-state index contributed by atoms with van der Waals surface area (Å²) in [6.07, 6.45) is 1.74. The number of likely N-dealkylation sites (N-methyl/N-ethyl adjacent to an activating group) is 1. The largest absolute Gasteiger partial charge is 0.422 e. The van der Waals surface area contributed by atoms with E-state index in [1.165, 1.54) is 0 Å². The zero-order chi connectivity index (χ0) is 11.7. The summed E-state index contributed by atoms with van der Waals surface area (Å²) in [5.41, 5.74) is 1.46. The minimum Gasteiger partial charge on any atom is -0.422 e. The van der Waals surface area contributed by atoms with E-state index in [1.807, 2.05) is 12.1 Å². The number of pyridine rings is 1. The highest BCUT2D eigenvalue weighted by molar-refractivity contribution is 5.69. The number of rotatable bonds is 2. The highest BCUT2D eigenvalue weighted by Crippen LogP contribution is 2.20. The fourth-order valence-corrected chi connectivity index (χ4v) is 2.15. The number of anilines is 1. The Balaban J connectivity index is 1.80. The van der Waals surface area contributed by atoms with Crippen LogP contribution in [0, 0.1) is 0 Å². The van der Waals surface area contributed by atoms with Gasteiger partial charge in [-0.2, -0.15) is 4.98 Å². The van der Waals surface area contributed by atoms with Crippen LogP contribution in [0.2, 0.25) is 0 Å². The van der Waals surface area contributed by atoms with Gasteiger partial charge in [-0.3, -0.25) is 0 Å². The molecule has 1 aliphatic rings. The lowest BCUT2D eigenvalue weighted by atomic mass is 10.3. The SMILES string of the molecule is CCN1CCN(c2nc3ncccc3o2)CC1. The second kappa shape index (κ2) is 4.33. The Bertz CT molecular complexity index is 469. The van der Waals surface area contributed by atoms with E-state index in [1.54, 1.807) is 6.20 Å². The molecule has 5 heteroatoms. The van der Waals surface area contributed by atoms with Gasteiger partial charge in [0.15, 0.2) is 5.58 Å². The molecule has 0 atom stereocenters. The third-order valence-corrected chi connectivity index (χ3v) is 3.24. The number of hydrogen-bond donors (Lipinski definition) is 0. The third kappa shape index (κ3) is 1.98. The van der Waals surface area contributed by atoms with Crippen molar-refractivity contribution in [3.05, 3.63) is 18.3 Å². The molecule has 0 aliphatic carbocycles. The molecule has 17 heavy (non-hydrogen) atoms. The molecule has 1 aliphatic heterocycles. The Labute approximate surface area is 100 Å². The lowest BCUT2D eigenvalue weighted by Gasteiger charge is -2.32. The second-order valence-electron chi connectivity index (χ2n) is 4.24. The van der Waals surface area contributed by atoms with Crippen molar-refractivity contribution >= 4 is 17.2 Å². The number of oxazole rings is 1. The molecular weight excluding hydrogens is 216 g/mol. The van der Waals surface area contributed by atoms with E-state index in [0.29, 0.717) is 11.7 Å². The summed E-state index contributed by atoms with van der Waals surface area (Å²) < 4.78 is 5.71. The zero-order valence-electron chi connectivity index (χ0n) is 9.96. The topological polar surface area (TPSA) is 45.4 Å². The maximum atomic E-state index is 5.71. The normalized spacial score (nSPS) is 17.8. The van der Waals surface area contributed by atoms with E-state index < -0.39 is 0 Å². The number of hydrogen-bond acceptors (Lipinski definition) is 5. The quantitative estimate of drug-likeness (QED) is 0.782. The number of piperazine rings is 1. The highest BCUT2D eigenvalue weighted by Gasteiger charge is 2.20. The number of nitrogens with zero attached hydrogens (tertiary/aromatic N) is 4. The summed E-state index contributed by atoms with van der Waals surface area (Å²) >= 11 is 0. The van der Waals surface area contributed by atoms with Gasteiger partial charge in [-0.05, 0) is 18.7 Å². The van der Waals surface area contributed by atoms with Crippen LogP contribution in [-0.2, 0) is 0 Å². The van der Waals surface area contributed by atoms with Gasteiger partial charge >= 0.3 is 0 Å². The minimum atomic E-state index is 0.695. The van der Waals surface area contributed by atoms with Crippen LogP contribution < -0.4 is 4.90 Å². The van der Waals surface area contributed by atoms with Crippen LogP contribution in [0.3, 0.4) is 0 Å². The average Bonchev–Trinajstić information content (AvgIpc) is 2.82. The van der Waals surface area contributed by atoms with Crippen LogP contribution in [0.15, 0.2) is 22.7 Å². The molecular formula is C12H16N4O. The van der Waals surface area contributed by atoms with Crippen LogP contribution in [0.4, 0.5) is 6.01 Å². The van der Waals surface area contributed by atoms with Gasteiger partial charge in [0.1, 0.15) is 0 Å². The van der Waals surface area contributed by atoms with Crippen molar-refractivity contribution in [3.8, 4) is 0 Å². The first-order chi connectivity index (χ1) is 8.36. The first kappa shape index (κ1) is 10.5. The molecule has 3 rings (SSSR count). The Morgan fingerprint density at radius 1 is 1.29 bits per heavy atom. The van der Waals surface area contributed by atoms with Crippen molar-refractivity contribution in [3.63, 3.8) is 0 Å². The first-order valence-electron chi connectivity index (χ1n) is 6.05. The molecule has 2 aromatic rings. The summed E-state index contributed by atoms with van der Waals surface area (Å²) in [6.45, 7) is 7.40. The van der Waals surface area contributed by atoms with Crippen molar-refractivity contribution in [2.24, 2.45) is 0 Å². The number of fused-ring (bicyclic) bond motifs is 1. The van der Waals surface area contributed by atoms with Crippen LogP contribution >= 0.6 is 0 Å². The van der Waals surface area contributed by atoms with Crippen LogP contribution in [0.5, 0.6) is 0 Å². The molecule has 1 fully saturated rings. The molecule has 0 spiro atoms. The van der Waals surface area contributed by atoms with Gasteiger partial charge < -0.3 is 14.2 Å². The van der Waals surface area contributed by atoms with Gasteiger partial charge in [0.2, 0.25) is 5.65 Å². The molecule has 0 radical (unpaired) electrons. The maximum Gasteiger partial charge on any atom is 0.300 e. The molecule has 5 nitrogen and oxygen atoms in total. The van der Waals surface area contributed by atoms with Gasteiger partial charge in [0.25, 0.3) is 6.01 Å². The maximum absolute atomic E-state index is 5.71. The lowest BCUT2D eigenvalue weighted by molar-refractivity contribution is 0.266. The third-order valence-electron chi connectivity index (χ3n) is 3.24. The lowest BCUT2D eigenvalue weighted by Crippen LogP contribution is -2.46. The van der Waals surface area contributed by atoms with Gasteiger partial charge in [-0.1, -0.05) is 6.92 Å². The number of aromatic nitrogens is 2. The van der Waals surface area contributed by atoms with Crippen molar-refractivity contribution in [2.75, 3.05) is 37.6 Å². The van der Waals surface area contributed by atoms with Gasteiger partial charge in [0, 0.05) is 32.4 Å². The van der Waals surface area contributed by atoms with Crippen LogP contribution in [0.25, 0.3) is 11.2 Å². The van der Waals surface area contributed by atoms with E-state index in [2.05, 4.69) is 26.7 Å². The van der Waals surface area contributed by atoms with E-state index in [-0.39, 0.29) is 0 Å². The molecule has 0 bridgehead atoms. The molecule has 90 valence electrons. The molecule has 0 N–H and O–H groups in total. The summed E-state index contributed by atoms with van der Waals surface area (Å²) in [5, 5.41) is 0. The van der Waals surface area contributed by atoms with Crippen molar-refractivity contribution < 1.29 is 4.42 Å². The fraction of sp³-hybridized carbons (Fsp3) is 0.500. The molecule has 2 aromatic heterocycles. The first-order valence-corrected chi connectivity index (χ1v) is 6.05. The molecule has 0 amide bonds. The molecule has 0 saturated carbocycles. The highest BCUT2D eigenvalue weighted by atomic mass is 16.4. The predicted molar refractivity (Wildman–Crippen MR) is 66.1 cm³/mol. The fourth-order valence-electron chi connectivity index (χ4n) is 2.15. The van der Waals surface area contributed by atoms with Crippen molar-refractivity contribution in [1.29, 1.82) is 0 Å². The minimum absolute atomic E-state index is 0.695. The molecule has 0 unspecified atom stereocenters. The molecule has 1 saturated heterocycles. The Kier molecular flexibility index (Phi) is 2.68. The smallest absolute Gasteiger partial charge is 0.300 e. The zero-order valence-corrected chi connectivity index (χ0v) is 9.96. The van der Waals surface area contributed by atoms with E-state index in [9.17, 15) is 0 Å². The van der Waals surface area contributed by atoms with Crippen molar-refractivity contribution in [1.82, 2.24) is 14.9 Å². The van der Waals surface area contributed by atoms with E-state index in [0.717, 1.165) is 38.3 Å². The monoisotopic (exact) mass is 232 g/mol. The van der Waals surface area contributed by atoms with Gasteiger partial charge in [-0.15, -0.1) is 0 Å². The predicted octanol–water partition coefficient (Wildman–Crippen LogP) is 1.36. The van der Waals surface area contributed by atoms with Crippen molar-refractivity contribution in [2.45, 2.75) is 6.92 Å². The summed E-state index contributed by atoms with van der Waals surface area (Å²) in [6, 6.07) is 4.47. The summed E-state index contributed by atoms with van der Waals surface area (Å²) in [4.78, 5) is 13.2. The second-order valence-corrected chi connectivity index (χ2v) is 4.24. The average molecular weight is 232 g/mol. The van der Waals surface area contributed by atoms with E-state index >= 15 is 0 Å². The van der Waals surface area contributed by atoms with Gasteiger partial charge in [0.05, 0.1) is 0 Å². The Morgan fingerprint density at radius 2 is 2.12 bits per heavy atom. The Hall–Kier alpha value is -1.62. The van der Waals surface area contributed by atoms with E-state index in [4.69, 9.17) is 4.42 Å². The van der Waals surface area contributed by atoms with Gasteiger partial charge in [-0.25, -0.2) is 4.98 Å². The molecule has 0 aromatic carbocycles. The summed E-state index contributed by atoms with van der Waals surface area (Å²) in [5.74, 6) is 0. The summed E-state index contributed by atoms with van der Waals surface area (Å²) in [7, 11) is 0. The molecule has 3 heterocycles. The standard InChI is InChI=1S/C12H16N4O/c1-2-15-6-8-16(9-7-15)12-14-11-10(17-12)4-3-5-13-11/h3-5H,2,6-9H2,1H3. The van der Waals surface area contributed by atoms with Crippen LogP contribution in [0.1, 0.15) is 6.92 Å². The van der Waals surface area contributed by atoms with Crippen LogP contribution in [-0.4, -0.2) is 47.6 Å². The Morgan fingerprint density at radius 3 is 2.82 bits per heavy atom.